The fourth-order valence-corrected chi connectivity index (χ4v) is 1.53. The molecule has 0 aliphatic carbocycles. The van der Waals surface area contributed by atoms with Gasteiger partial charge in [0.25, 0.3) is 0 Å². The van der Waals surface area contributed by atoms with Crippen molar-refractivity contribution in [2.75, 3.05) is 19.0 Å². The second-order valence-electron chi connectivity index (χ2n) is 4.68. The van der Waals surface area contributed by atoms with Crippen LogP contribution in [0.25, 0.3) is 0 Å². The predicted octanol–water partition coefficient (Wildman–Crippen LogP) is 1.70. The molecule has 0 radical (unpaired) electrons. The fourth-order valence-electron chi connectivity index (χ4n) is 1.53. The molecule has 0 amide bonds. The number of aliphatic imine (C=N–C) groups is 1. The highest BCUT2D eigenvalue weighted by atomic mass is 19.1. The van der Waals surface area contributed by atoms with Gasteiger partial charge >= 0.3 is 0 Å². The number of nitrogens with one attached hydrogen (secondary N) is 1. The molecule has 100 valence electrons. The van der Waals surface area contributed by atoms with Crippen molar-refractivity contribution >= 4 is 11.6 Å². The predicted molar refractivity (Wildman–Crippen MR) is 74.3 cm³/mol. The Labute approximate surface area is 108 Å². The van der Waals surface area contributed by atoms with Gasteiger partial charge in [0.05, 0.1) is 12.2 Å². The highest BCUT2D eigenvalue weighted by Gasteiger charge is 2.05. The van der Waals surface area contributed by atoms with E-state index < -0.39 is 0 Å². The van der Waals surface area contributed by atoms with Crippen molar-refractivity contribution in [1.29, 1.82) is 0 Å². The van der Waals surface area contributed by atoms with Crippen LogP contribution in [0.2, 0.25) is 0 Å². The first kappa shape index (κ1) is 14.3. The van der Waals surface area contributed by atoms with E-state index in [-0.39, 0.29) is 11.9 Å². The quantitative estimate of drug-likeness (QED) is 0.633. The van der Waals surface area contributed by atoms with Crippen LogP contribution in [-0.4, -0.2) is 26.1 Å². The second kappa shape index (κ2) is 6.23. The first-order valence-electron chi connectivity index (χ1n) is 5.92. The molecule has 1 aromatic rings. The maximum Gasteiger partial charge on any atom is 0.189 e. The lowest BCUT2D eigenvalue weighted by molar-refractivity contribution is 0.623. The summed E-state index contributed by atoms with van der Waals surface area (Å²) in [6.45, 7) is 4.33. The van der Waals surface area contributed by atoms with Gasteiger partial charge in [0, 0.05) is 20.1 Å². The van der Waals surface area contributed by atoms with Gasteiger partial charge in [0.2, 0.25) is 0 Å². The SMILES string of the molecule is CC(C)NC(N)=NCc1ccc(N(C)C)c(F)c1. The van der Waals surface area contributed by atoms with Crippen LogP contribution in [0.4, 0.5) is 10.1 Å². The molecule has 0 heterocycles. The number of anilines is 1. The van der Waals surface area contributed by atoms with E-state index in [1.165, 1.54) is 6.07 Å². The van der Waals surface area contributed by atoms with E-state index in [2.05, 4.69) is 10.3 Å². The standard InChI is InChI=1S/C13H21FN4/c1-9(2)17-13(15)16-8-10-5-6-12(18(3)4)11(14)7-10/h5-7,9H,8H2,1-4H3,(H3,15,16,17). The van der Waals surface area contributed by atoms with Crippen LogP contribution in [0.1, 0.15) is 19.4 Å². The zero-order valence-corrected chi connectivity index (χ0v) is 11.4. The average Bonchev–Trinajstić information content (AvgIpc) is 2.25. The van der Waals surface area contributed by atoms with Crippen LogP contribution in [0.5, 0.6) is 0 Å². The molecular formula is C13H21FN4. The fraction of sp³-hybridized carbons (Fsp3) is 0.462. The Kier molecular flexibility index (Phi) is 4.95. The van der Waals surface area contributed by atoms with E-state index in [0.717, 1.165) is 5.56 Å². The van der Waals surface area contributed by atoms with Crippen LogP contribution in [0, 0.1) is 5.82 Å². The van der Waals surface area contributed by atoms with E-state index >= 15 is 0 Å². The first-order valence-corrected chi connectivity index (χ1v) is 5.92. The van der Waals surface area contributed by atoms with Gasteiger partial charge in [-0.1, -0.05) is 6.07 Å². The van der Waals surface area contributed by atoms with Gasteiger partial charge in [-0.05, 0) is 31.5 Å². The number of nitrogens with two attached hydrogens (primary N) is 1. The summed E-state index contributed by atoms with van der Waals surface area (Å²) in [5.41, 5.74) is 7.04. The molecule has 1 aromatic carbocycles. The Balaban J connectivity index is 2.72. The largest absolute Gasteiger partial charge is 0.375 e. The summed E-state index contributed by atoms with van der Waals surface area (Å²) in [5.74, 6) is 0.130. The molecule has 0 saturated heterocycles. The van der Waals surface area contributed by atoms with Crippen LogP contribution < -0.4 is 16.0 Å². The number of benzene rings is 1. The van der Waals surface area contributed by atoms with E-state index in [1.807, 2.05) is 19.9 Å². The molecule has 4 nitrogen and oxygen atoms in total. The summed E-state index contributed by atoms with van der Waals surface area (Å²) in [5, 5.41) is 2.98. The molecule has 0 unspecified atom stereocenters. The maximum atomic E-state index is 13.7. The summed E-state index contributed by atoms with van der Waals surface area (Å²) in [7, 11) is 3.61. The smallest absolute Gasteiger partial charge is 0.189 e. The van der Waals surface area contributed by atoms with Gasteiger partial charge in [0.15, 0.2) is 5.96 Å². The third-order valence-electron chi connectivity index (χ3n) is 2.36. The molecule has 0 spiro atoms. The number of hydrogen-bond donors (Lipinski definition) is 2. The van der Waals surface area contributed by atoms with E-state index in [0.29, 0.717) is 18.2 Å². The van der Waals surface area contributed by atoms with Crippen molar-refractivity contribution in [2.24, 2.45) is 10.7 Å². The minimum atomic E-state index is -0.247. The molecule has 0 fully saturated rings. The molecule has 0 saturated carbocycles. The molecule has 0 atom stereocenters. The zero-order valence-electron chi connectivity index (χ0n) is 11.4. The normalized spacial score (nSPS) is 11.8. The molecular weight excluding hydrogens is 231 g/mol. The summed E-state index contributed by atoms with van der Waals surface area (Å²) in [6.07, 6.45) is 0. The number of hydrogen-bond acceptors (Lipinski definition) is 2. The van der Waals surface area contributed by atoms with E-state index in [4.69, 9.17) is 5.73 Å². The number of halogens is 1. The average molecular weight is 252 g/mol. The molecule has 0 aliphatic heterocycles. The van der Waals surface area contributed by atoms with Crippen LogP contribution >= 0.6 is 0 Å². The van der Waals surface area contributed by atoms with Crippen LogP contribution in [0.3, 0.4) is 0 Å². The van der Waals surface area contributed by atoms with Crippen molar-refractivity contribution < 1.29 is 4.39 Å². The van der Waals surface area contributed by atoms with Crippen molar-refractivity contribution in [3.8, 4) is 0 Å². The Bertz CT molecular complexity index is 427. The second-order valence-corrected chi connectivity index (χ2v) is 4.68. The van der Waals surface area contributed by atoms with Crippen LogP contribution in [-0.2, 0) is 6.54 Å². The molecule has 18 heavy (non-hydrogen) atoms. The number of nitrogens with zero attached hydrogens (tertiary/aromatic N) is 2. The van der Waals surface area contributed by atoms with Crippen molar-refractivity contribution in [2.45, 2.75) is 26.4 Å². The van der Waals surface area contributed by atoms with E-state index in [9.17, 15) is 4.39 Å². The minimum absolute atomic E-state index is 0.238. The topological polar surface area (TPSA) is 53.6 Å². The van der Waals surface area contributed by atoms with Gasteiger partial charge in [-0.2, -0.15) is 0 Å². The molecule has 1 rings (SSSR count). The lowest BCUT2D eigenvalue weighted by Crippen LogP contribution is -2.36. The van der Waals surface area contributed by atoms with Gasteiger partial charge in [-0.25, -0.2) is 9.38 Å². The summed E-state index contributed by atoms with van der Waals surface area (Å²) in [4.78, 5) is 5.89. The Morgan fingerprint density at radius 3 is 2.61 bits per heavy atom. The van der Waals surface area contributed by atoms with Gasteiger partial charge in [-0.3, -0.25) is 0 Å². The van der Waals surface area contributed by atoms with Crippen molar-refractivity contribution in [1.82, 2.24) is 5.32 Å². The summed E-state index contributed by atoms with van der Waals surface area (Å²) < 4.78 is 13.7. The van der Waals surface area contributed by atoms with E-state index in [1.54, 1.807) is 25.1 Å². The zero-order chi connectivity index (χ0) is 13.7. The molecule has 0 aromatic heterocycles. The molecule has 0 bridgehead atoms. The van der Waals surface area contributed by atoms with Gasteiger partial charge in [-0.15, -0.1) is 0 Å². The van der Waals surface area contributed by atoms with Crippen LogP contribution in [0.15, 0.2) is 23.2 Å². The highest BCUT2D eigenvalue weighted by Crippen LogP contribution is 2.18. The Morgan fingerprint density at radius 1 is 1.44 bits per heavy atom. The lowest BCUT2D eigenvalue weighted by Gasteiger charge is -2.14. The third-order valence-corrected chi connectivity index (χ3v) is 2.36. The first-order chi connectivity index (χ1) is 8.40. The van der Waals surface area contributed by atoms with Gasteiger partial charge in [0.1, 0.15) is 5.82 Å². The summed E-state index contributed by atoms with van der Waals surface area (Å²) >= 11 is 0. The number of rotatable bonds is 4. The monoisotopic (exact) mass is 252 g/mol. The Hall–Kier alpha value is -1.78. The third kappa shape index (κ3) is 4.24. The van der Waals surface area contributed by atoms with Crippen molar-refractivity contribution in [3.05, 3.63) is 29.6 Å². The maximum absolute atomic E-state index is 13.7. The Morgan fingerprint density at radius 2 is 2.11 bits per heavy atom. The molecule has 5 heteroatoms. The highest BCUT2D eigenvalue weighted by molar-refractivity contribution is 5.78. The minimum Gasteiger partial charge on any atom is -0.375 e. The molecule has 0 aliphatic rings. The lowest BCUT2D eigenvalue weighted by atomic mass is 10.2. The molecule has 3 N–H and O–H groups in total. The number of guanidine groups is 1. The van der Waals surface area contributed by atoms with Gasteiger partial charge < -0.3 is 16.0 Å². The van der Waals surface area contributed by atoms with Crippen molar-refractivity contribution in [3.63, 3.8) is 0 Å². The summed E-state index contributed by atoms with van der Waals surface area (Å²) in [6, 6.07) is 5.32.